The lowest BCUT2D eigenvalue weighted by Crippen LogP contribution is -2.12. The molecular formula is C19H16ClFN2O2. The molecule has 6 heteroatoms. The second-order valence-electron chi connectivity index (χ2n) is 5.51. The first-order valence-electron chi connectivity index (χ1n) is 7.87. The highest BCUT2D eigenvalue weighted by Gasteiger charge is 2.10. The summed E-state index contributed by atoms with van der Waals surface area (Å²) in [4.78, 5) is 16.1. The van der Waals surface area contributed by atoms with E-state index in [1.807, 2.05) is 30.3 Å². The van der Waals surface area contributed by atoms with Crippen LogP contribution in [-0.4, -0.2) is 10.9 Å². The molecule has 4 nitrogen and oxygen atoms in total. The Balaban J connectivity index is 1.49. The molecule has 1 heterocycles. The van der Waals surface area contributed by atoms with E-state index in [0.717, 1.165) is 11.6 Å². The van der Waals surface area contributed by atoms with Crippen LogP contribution in [0, 0.1) is 5.82 Å². The summed E-state index contributed by atoms with van der Waals surface area (Å²) >= 11 is 5.68. The van der Waals surface area contributed by atoms with Crippen LogP contribution in [0.1, 0.15) is 18.7 Å². The van der Waals surface area contributed by atoms with Gasteiger partial charge in [0.05, 0.1) is 11.9 Å². The van der Waals surface area contributed by atoms with Crippen molar-refractivity contribution in [1.82, 2.24) is 4.98 Å². The third kappa shape index (κ3) is 4.67. The molecule has 1 aromatic heterocycles. The lowest BCUT2D eigenvalue weighted by molar-refractivity contribution is -0.116. The van der Waals surface area contributed by atoms with E-state index >= 15 is 0 Å². The molecule has 3 rings (SSSR count). The van der Waals surface area contributed by atoms with Crippen LogP contribution < -0.4 is 5.32 Å². The Morgan fingerprint density at radius 2 is 2.00 bits per heavy atom. The average molecular weight is 359 g/mol. The van der Waals surface area contributed by atoms with Crippen LogP contribution in [0.15, 0.2) is 59.1 Å². The van der Waals surface area contributed by atoms with Gasteiger partial charge in [-0.1, -0.05) is 41.9 Å². The Kier molecular flexibility index (Phi) is 5.46. The molecule has 1 amide bonds. The minimum atomic E-state index is -0.555. The van der Waals surface area contributed by atoms with Crippen LogP contribution in [0.5, 0.6) is 0 Å². The molecule has 0 saturated heterocycles. The zero-order valence-corrected chi connectivity index (χ0v) is 14.1. The number of carbonyl (C=O) groups excluding carboxylic acids is 1. The van der Waals surface area contributed by atoms with Gasteiger partial charge in [-0.2, -0.15) is 0 Å². The maximum Gasteiger partial charge on any atom is 0.224 e. The Morgan fingerprint density at radius 1 is 1.20 bits per heavy atom. The molecule has 0 bridgehead atoms. The molecule has 0 radical (unpaired) electrons. The monoisotopic (exact) mass is 358 g/mol. The van der Waals surface area contributed by atoms with Crippen LogP contribution in [0.3, 0.4) is 0 Å². The summed E-state index contributed by atoms with van der Waals surface area (Å²) in [5.41, 5.74) is 1.08. The van der Waals surface area contributed by atoms with Gasteiger partial charge in [-0.05, 0) is 24.6 Å². The van der Waals surface area contributed by atoms with Crippen molar-refractivity contribution in [3.05, 3.63) is 71.5 Å². The van der Waals surface area contributed by atoms with E-state index in [1.165, 1.54) is 12.1 Å². The first kappa shape index (κ1) is 17.2. The second kappa shape index (κ2) is 7.94. The van der Waals surface area contributed by atoms with Gasteiger partial charge < -0.3 is 9.73 Å². The van der Waals surface area contributed by atoms with E-state index in [9.17, 15) is 9.18 Å². The molecular weight excluding hydrogens is 343 g/mol. The van der Waals surface area contributed by atoms with Crippen molar-refractivity contribution in [1.29, 1.82) is 0 Å². The second-order valence-corrected chi connectivity index (χ2v) is 5.95. The summed E-state index contributed by atoms with van der Waals surface area (Å²) in [6.07, 6.45) is 3.00. The fourth-order valence-electron chi connectivity index (χ4n) is 2.37. The summed E-state index contributed by atoms with van der Waals surface area (Å²) in [5, 5.41) is 2.82. The fraction of sp³-hybridized carbons (Fsp3) is 0.158. The molecule has 128 valence electrons. The van der Waals surface area contributed by atoms with Gasteiger partial charge in [-0.3, -0.25) is 4.79 Å². The summed E-state index contributed by atoms with van der Waals surface area (Å²) < 4.78 is 19.3. The van der Waals surface area contributed by atoms with Crippen molar-refractivity contribution in [3.8, 4) is 11.3 Å². The number of aryl methyl sites for hydroxylation is 1. The Bertz CT molecular complexity index is 865. The van der Waals surface area contributed by atoms with Crippen molar-refractivity contribution in [2.24, 2.45) is 0 Å². The number of rotatable bonds is 6. The minimum absolute atomic E-state index is 0.122. The number of nitrogens with one attached hydrogen (secondary N) is 1. The molecule has 0 aliphatic heterocycles. The van der Waals surface area contributed by atoms with Crippen LogP contribution >= 0.6 is 11.6 Å². The third-order valence-electron chi connectivity index (χ3n) is 3.61. The predicted octanol–water partition coefficient (Wildman–Crippen LogP) is 5.10. The molecule has 0 aliphatic carbocycles. The number of amides is 1. The number of benzene rings is 2. The van der Waals surface area contributed by atoms with Gasteiger partial charge in [0.25, 0.3) is 0 Å². The largest absolute Gasteiger partial charge is 0.441 e. The van der Waals surface area contributed by atoms with E-state index in [0.29, 0.717) is 24.5 Å². The summed E-state index contributed by atoms with van der Waals surface area (Å²) in [6, 6.07) is 13.8. The fourth-order valence-corrected chi connectivity index (χ4v) is 2.52. The van der Waals surface area contributed by atoms with Crippen molar-refractivity contribution >= 4 is 23.2 Å². The predicted molar refractivity (Wildman–Crippen MR) is 94.9 cm³/mol. The van der Waals surface area contributed by atoms with E-state index in [1.54, 1.807) is 6.20 Å². The summed E-state index contributed by atoms with van der Waals surface area (Å²) in [7, 11) is 0. The topological polar surface area (TPSA) is 55.1 Å². The Labute approximate surface area is 149 Å². The van der Waals surface area contributed by atoms with Gasteiger partial charge in [0.1, 0.15) is 5.82 Å². The molecule has 0 spiro atoms. The number of carbonyl (C=O) groups is 1. The van der Waals surface area contributed by atoms with Gasteiger partial charge in [-0.15, -0.1) is 0 Å². The summed E-state index contributed by atoms with van der Waals surface area (Å²) in [6.45, 7) is 0. The number of aromatic nitrogens is 1. The van der Waals surface area contributed by atoms with E-state index in [2.05, 4.69) is 10.3 Å². The number of hydrogen-bond donors (Lipinski definition) is 1. The number of nitrogens with zero attached hydrogens (tertiary/aromatic N) is 1. The van der Waals surface area contributed by atoms with E-state index < -0.39 is 5.82 Å². The lowest BCUT2D eigenvalue weighted by Gasteiger charge is -2.06. The van der Waals surface area contributed by atoms with Crippen molar-refractivity contribution < 1.29 is 13.6 Å². The van der Waals surface area contributed by atoms with Gasteiger partial charge in [-0.25, -0.2) is 9.37 Å². The molecule has 2 aromatic carbocycles. The highest BCUT2D eigenvalue weighted by atomic mass is 35.5. The van der Waals surface area contributed by atoms with Crippen molar-refractivity contribution in [2.75, 3.05) is 5.32 Å². The molecule has 25 heavy (non-hydrogen) atoms. The molecule has 0 atom stereocenters. The first-order valence-corrected chi connectivity index (χ1v) is 8.24. The molecule has 1 N–H and O–H groups in total. The minimum Gasteiger partial charge on any atom is -0.441 e. The molecule has 0 fully saturated rings. The number of oxazole rings is 1. The summed E-state index contributed by atoms with van der Waals surface area (Å²) in [5.74, 6) is 0.449. The maximum atomic E-state index is 13.6. The van der Waals surface area contributed by atoms with Gasteiger partial charge in [0.15, 0.2) is 11.7 Å². The van der Waals surface area contributed by atoms with Crippen LogP contribution in [0.4, 0.5) is 10.1 Å². The normalized spacial score (nSPS) is 10.6. The van der Waals surface area contributed by atoms with Crippen LogP contribution in [0.25, 0.3) is 11.3 Å². The average Bonchev–Trinajstić information content (AvgIpc) is 3.07. The molecule has 0 saturated carbocycles. The van der Waals surface area contributed by atoms with Gasteiger partial charge >= 0.3 is 0 Å². The number of hydrogen-bond acceptors (Lipinski definition) is 3. The van der Waals surface area contributed by atoms with Crippen LogP contribution in [-0.2, 0) is 11.2 Å². The maximum absolute atomic E-state index is 13.6. The quantitative estimate of drug-likeness (QED) is 0.667. The van der Waals surface area contributed by atoms with Gasteiger partial charge in [0, 0.05) is 23.4 Å². The van der Waals surface area contributed by atoms with Crippen molar-refractivity contribution in [2.45, 2.75) is 19.3 Å². The molecule has 0 unspecified atom stereocenters. The third-order valence-corrected chi connectivity index (χ3v) is 3.85. The lowest BCUT2D eigenvalue weighted by atomic mass is 10.2. The van der Waals surface area contributed by atoms with Gasteiger partial charge in [0.2, 0.25) is 5.91 Å². The molecule has 3 aromatic rings. The first-order chi connectivity index (χ1) is 12.1. The number of halogens is 2. The molecule has 0 aliphatic rings. The standard InChI is InChI=1S/C19H16ClFN2O2/c20-14-9-10-16(15(21)11-14)23-18(24)7-4-8-19-22-12-17(25-19)13-5-2-1-3-6-13/h1-3,5-6,9-12H,4,7-8H2,(H,23,24). The highest BCUT2D eigenvalue weighted by Crippen LogP contribution is 2.21. The van der Waals surface area contributed by atoms with E-state index in [-0.39, 0.29) is 23.0 Å². The van der Waals surface area contributed by atoms with Crippen molar-refractivity contribution in [3.63, 3.8) is 0 Å². The smallest absolute Gasteiger partial charge is 0.224 e. The van der Waals surface area contributed by atoms with E-state index in [4.69, 9.17) is 16.0 Å². The Hall–Kier alpha value is -2.66. The zero-order chi connectivity index (χ0) is 17.6. The zero-order valence-electron chi connectivity index (χ0n) is 13.3. The SMILES string of the molecule is O=C(CCCc1ncc(-c2ccccc2)o1)Nc1ccc(Cl)cc1F. The Morgan fingerprint density at radius 3 is 2.76 bits per heavy atom. The van der Waals surface area contributed by atoms with Crippen LogP contribution in [0.2, 0.25) is 5.02 Å². The number of anilines is 1. The highest BCUT2D eigenvalue weighted by molar-refractivity contribution is 6.30.